The van der Waals surface area contributed by atoms with Crippen LogP contribution in [0.5, 0.6) is 0 Å². The molecule has 2 nitrogen and oxygen atoms in total. The molecule has 0 fully saturated rings. The maximum absolute atomic E-state index is 14.8. The quantitative estimate of drug-likeness (QED) is 0.229. The zero-order valence-electron chi connectivity index (χ0n) is 19.9. The van der Waals surface area contributed by atoms with Crippen LogP contribution in [0.15, 0.2) is 109 Å². The fourth-order valence-electron chi connectivity index (χ4n) is 5.70. The van der Waals surface area contributed by atoms with E-state index in [4.69, 9.17) is 0 Å². The number of rotatable bonds is 2. The van der Waals surface area contributed by atoms with Crippen LogP contribution in [-0.4, -0.2) is 9.13 Å². The first kappa shape index (κ1) is 21.7. The van der Waals surface area contributed by atoms with E-state index >= 15 is 0 Å². The predicted octanol–water partition coefficient (Wildman–Crippen LogP) is 9.21. The molecule has 0 aliphatic rings. The molecule has 0 amide bonds. The maximum atomic E-state index is 14.8. The Hall–Kier alpha value is -4.51. The molecule has 2 heterocycles. The average molecular weight is 491 g/mol. The summed E-state index contributed by atoms with van der Waals surface area (Å²) in [5.74, 6) is 0. The summed E-state index contributed by atoms with van der Waals surface area (Å²) >= 11 is 0. The van der Waals surface area contributed by atoms with Crippen LogP contribution in [0.2, 0.25) is 0 Å². The first-order chi connectivity index (χ1) is 17.9. The number of aryl methyl sites for hydroxylation is 1. The Morgan fingerprint density at radius 3 is 1.22 bits per heavy atom. The van der Waals surface area contributed by atoms with E-state index in [0.29, 0.717) is 5.69 Å². The summed E-state index contributed by atoms with van der Waals surface area (Å²) in [4.78, 5) is 0. The number of para-hydroxylation sites is 4. The van der Waals surface area contributed by atoms with Crippen molar-refractivity contribution in [1.29, 1.82) is 0 Å². The summed E-state index contributed by atoms with van der Waals surface area (Å²) in [6, 6.07) is 33.9. The first-order valence-electron chi connectivity index (χ1n) is 12.1. The Balaban J connectivity index is 1.60. The Morgan fingerprint density at radius 1 is 0.486 bits per heavy atom. The normalized spacial score (nSPS) is 12.3. The van der Waals surface area contributed by atoms with Gasteiger partial charge in [-0.3, -0.25) is 0 Å². The van der Waals surface area contributed by atoms with Gasteiger partial charge in [-0.25, -0.2) is 0 Å². The molecule has 0 N–H and O–H groups in total. The number of benzene rings is 5. The summed E-state index contributed by atoms with van der Waals surface area (Å²) < 4.78 is 48.1. The van der Waals surface area contributed by atoms with Crippen molar-refractivity contribution in [3.05, 3.63) is 120 Å². The molecule has 5 aromatic carbocycles. The van der Waals surface area contributed by atoms with Crippen molar-refractivity contribution in [2.45, 2.75) is 13.1 Å². The number of halogens is 3. The molecule has 0 radical (unpaired) electrons. The summed E-state index contributed by atoms with van der Waals surface area (Å²) in [6.45, 7) is 1.89. The van der Waals surface area contributed by atoms with Gasteiger partial charge in [-0.15, -0.1) is 0 Å². The molecule has 7 aromatic rings. The van der Waals surface area contributed by atoms with Crippen molar-refractivity contribution in [1.82, 2.24) is 9.13 Å². The van der Waals surface area contributed by atoms with E-state index in [1.807, 2.05) is 109 Å². The van der Waals surface area contributed by atoms with Crippen molar-refractivity contribution >= 4 is 43.6 Å². The summed E-state index contributed by atoms with van der Waals surface area (Å²) in [7, 11) is 0. The van der Waals surface area contributed by atoms with Crippen molar-refractivity contribution in [2.24, 2.45) is 0 Å². The SMILES string of the molecule is Cc1cc(-n2c3ccccc3c3ccccc32)c(C(F)(F)F)cc1-n1c2ccccc2c2ccccc21. The van der Waals surface area contributed by atoms with E-state index in [9.17, 15) is 13.2 Å². The lowest BCUT2D eigenvalue weighted by atomic mass is 10.1. The molecule has 0 spiro atoms. The molecule has 0 aliphatic heterocycles. The molecule has 0 aliphatic carbocycles. The van der Waals surface area contributed by atoms with Crippen LogP contribution in [0, 0.1) is 6.92 Å². The second-order valence-corrected chi connectivity index (χ2v) is 9.39. The van der Waals surface area contributed by atoms with E-state index < -0.39 is 11.7 Å². The second-order valence-electron chi connectivity index (χ2n) is 9.39. The topological polar surface area (TPSA) is 9.86 Å². The molecule has 0 bridgehead atoms. The largest absolute Gasteiger partial charge is 0.418 e. The monoisotopic (exact) mass is 490 g/mol. The number of nitrogens with zero attached hydrogens (tertiary/aromatic N) is 2. The molecule has 0 unspecified atom stereocenters. The summed E-state index contributed by atoms with van der Waals surface area (Å²) in [5, 5.41) is 3.88. The van der Waals surface area contributed by atoms with Crippen LogP contribution in [-0.2, 0) is 6.18 Å². The van der Waals surface area contributed by atoms with Gasteiger partial charge in [-0.05, 0) is 48.9 Å². The lowest BCUT2D eigenvalue weighted by molar-refractivity contribution is -0.137. The molecular formula is C32H21F3N2. The Morgan fingerprint density at radius 2 is 0.838 bits per heavy atom. The lowest BCUT2D eigenvalue weighted by Gasteiger charge is -2.20. The van der Waals surface area contributed by atoms with Crippen LogP contribution in [0.1, 0.15) is 11.1 Å². The molecule has 0 saturated heterocycles. The second kappa shape index (κ2) is 7.74. The van der Waals surface area contributed by atoms with Gasteiger partial charge in [-0.1, -0.05) is 72.8 Å². The molecule has 0 saturated carbocycles. The highest BCUT2D eigenvalue weighted by atomic mass is 19.4. The number of hydrogen-bond acceptors (Lipinski definition) is 0. The summed E-state index contributed by atoms with van der Waals surface area (Å²) in [5.41, 5.74) is 4.00. The minimum Gasteiger partial charge on any atom is -0.309 e. The third kappa shape index (κ3) is 3.13. The van der Waals surface area contributed by atoms with Gasteiger partial charge in [0.2, 0.25) is 0 Å². The zero-order valence-corrected chi connectivity index (χ0v) is 19.9. The van der Waals surface area contributed by atoms with E-state index in [1.54, 1.807) is 10.6 Å². The fraction of sp³-hybridized carbons (Fsp3) is 0.0625. The highest BCUT2D eigenvalue weighted by molar-refractivity contribution is 6.10. The Bertz CT molecular complexity index is 1880. The predicted molar refractivity (Wildman–Crippen MR) is 145 cm³/mol. The van der Waals surface area contributed by atoms with Crippen LogP contribution >= 0.6 is 0 Å². The summed E-state index contributed by atoms with van der Waals surface area (Å²) in [6.07, 6.45) is -4.55. The van der Waals surface area contributed by atoms with E-state index in [0.717, 1.165) is 49.2 Å². The zero-order chi connectivity index (χ0) is 25.3. The van der Waals surface area contributed by atoms with E-state index in [1.165, 1.54) is 6.07 Å². The third-order valence-electron chi connectivity index (χ3n) is 7.26. The molecule has 0 atom stereocenters. The number of hydrogen-bond donors (Lipinski definition) is 0. The van der Waals surface area contributed by atoms with Gasteiger partial charge in [0, 0.05) is 27.2 Å². The maximum Gasteiger partial charge on any atom is 0.418 e. The number of aromatic nitrogens is 2. The van der Waals surface area contributed by atoms with E-state index in [-0.39, 0.29) is 5.69 Å². The van der Waals surface area contributed by atoms with Gasteiger partial charge in [0.1, 0.15) is 0 Å². The van der Waals surface area contributed by atoms with E-state index in [2.05, 4.69) is 0 Å². The highest BCUT2D eigenvalue weighted by Crippen LogP contribution is 2.42. The minimum absolute atomic E-state index is 0.131. The molecular weight excluding hydrogens is 469 g/mol. The highest BCUT2D eigenvalue weighted by Gasteiger charge is 2.36. The van der Waals surface area contributed by atoms with Crippen molar-refractivity contribution in [3.8, 4) is 11.4 Å². The van der Waals surface area contributed by atoms with Crippen molar-refractivity contribution < 1.29 is 13.2 Å². The molecule has 5 heteroatoms. The van der Waals surface area contributed by atoms with Crippen molar-refractivity contribution in [3.63, 3.8) is 0 Å². The van der Waals surface area contributed by atoms with Gasteiger partial charge < -0.3 is 9.13 Å². The van der Waals surface area contributed by atoms with Crippen LogP contribution in [0.3, 0.4) is 0 Å². The Kier molecular flexibility index (Phi) is 4.55. The smallest absolute Gasteiger partial charge is 0.309 e. The van der Waals surface area contributed by atoms with Gasteiger partial charge >= 0.3 is 6.18 Å². The van der Waals surface area contributed by atoms with Gasteiger partial charge in [0.05, 0.1) is 33.3 Å². The molecule has 37 heavy (non-hydrogen) atoms. The van der Waals surface area contributed by atoms with Crippen molar-refractivity contribution in [2.75, 3.05) is 0 Å². The lowest BCUT2D eigenvalue weighted by Crippen LogP contribution is -2.13. The third-order valence-corrected chi connectivity index (χ3v) is 7.26. The van der Waals surface area contributed by atoms with Gasteiger partial charge in [0.15, 0.2) is 0 Å². The number of alkyl halides is 3. The van der Waals surface area contributed by atoms with Gasteiger partial charge in [-0.2, -0.15) is 13.2 Å². The van der Waals surface area contributed by atoms with Crippen LogP contribution in [0.4, 0.5) is 13.2 Å². The van der Waals surface area contributed by atoms with Crippen LogP contribution < -0.4 is 0 Å². The standard InChI is InChI=1S/C32H21F3N2/c1-20-18-31(37-28-16-8-4-12-23(28)24-13-5-9-17-29(24)37)25(32(33,34)35)19-30(20)36-26-14-6-2-10-21(26)22-11-3-7-15-27(22)36/h2-19H,1H3. The van der Waals surface area contributed by atoms with Gasteiger partial charge in [0.25, 0.3) is 0 Å². The average Bonchev–Trinajstić information content (AvgIpc) is 3.41. The first-order valence-corrected chi connectivity index (χ1v) is 12.1. The minimum atomic E-state index is -4.55. The Labute approximate surface area is 210 Å². The molecule has 7 rings (SSSR count). The molecule has 180 valence electrons. The number of fused-ring (bicyclic) bond motifs is 6. The van der Waals surface area contributed by atoms with Crippen LogP contribution in [0.25, 0.3) is 55.0 Å². The molecule has 2 aromatic heterocycles. The fourth-order valence-corrected chi connectivity index (χ4v) is 5.70.